The molecule has 118 valence electrons. The van der Waals surface area contributed by atoms with Crippen LogP contribution in [-0.2, 0) is 0 Å². The highest BCUT2D eigenvalue weighted by Gasteiger charge is 2.09. The molecule has 24 heavy (non-hydrogen) atoms. The van der Waals surface area contributed by atoms with Crippen LogP contribution in [-0.4, -0.2) is 0 Å². The molecule has 0 amide bonds. The third-order valence-electron chi connectivity index (χ3n) is 3.71. The minimum atomic E-state index is 1.27. The van der Waals surface area contributed by atoms with Crippen molar-refractivity contribution in [1.82, 2.24) is 0 Å². The number of benzene rings is 2. The first kappa shape index (κ1) is 16.8. The van der Waals surface area contributed by atoms with Crippen molar-refractivity contribution >= 4 is 67.9 Å². The van der Waals surface area contributed by atoms with Gasteiger partial charge >= 0.3 is 0 Å². The Morgan fingerprint density at radius 1 is 0.417 bits per heavy atom. The first-order valence-corrected chi connectivity index (χ1v) is 11.2. The molecule has 0 fully saturated rings. The van der Waals surface area contributed by atoms with Crippen LogP contribution in [0.5, 0.6) is 0 Å². The van der Waals surface area contributed by atoms with E-state index in [0.29, 0.717) is 0 Å². The van der Waals surface area contributed by atoms with Gasteiger partial charge in [-0.25, -0.2) is 0 Å². The zero-order valence-corrected chi connectivity index (χ0v) is 18.4. The van der Waals surface area contributed by atoms with Gasteiger partial charge in [-0.15, -0.1) is 22.7 Å². The van der Waals surface area contributed by atoms with E-state index < -0.39 is 0 Å². The predicted molar refractivity (Wildman–Crippen MR) is 124 cm³/mol. The molecule has 0 spiro atoms. The summed E-state index contributed by atoms with van der Waals surface area (Å²) >= 11 is 8.42. The van der Waals surface area contributed by atoms with Crippen LogP contribution in [0.1, 0.15) is 0 Å². The lowest BCUT2D eigenvalue weighted by Gasteiger charge is -1.98. The topological polar surface area (TPSA) is 0 Å². The monoisotopic (exact) mass is 570 g/mol. The van der Waals surface area contributed by atoms with Crippen LogP contribution in [0.2, 0.25) is 0 Å². The van der Waals surface area contributed by atoms with E-state index in [-0.39, 0.29) is 0 Å². The van der Waals surface area contributed by atoms with Crippen molar-refractivity contribution < 1.29 is 0 Å². The maximum absolute atomic E-state index is 2.35. The zero-order valence-electron chi connectivity index (χ0n) is 12.5. The van der Waals surface area contributed by atoms with Crippen molar-refractivity contribution in [3.8, 4) is 30.6 Å². The molecule has 0 bridgehead atoms. The number of hydrogen-bond acceptors (Lipinski definition) is 2. The Kier molecular flexibility index (Phi) is 5.08. The van der Waals surface area contributed by atoms with E-state index in [1.807, 2.05) is 22.7 Å². The molecule has 2 heterocycles. The van der Waals surface area contributed by atoms with Crippen molar-refractivity contribution in [3.05, 3.63) is 79.9 Å². The van der Waals surface area contributed by atoms with Gasteiger partial charge in [-0.1, -0.05) is 24.3 Å². The van der Waals surface area contributed by atoms with E-state index in [0.717, 1.165) is 0 Å². The second-order valence-electron chi connectivity index (χ2n) is 5.34. The van der Waals surface area contributed by atoms with Crippen LogP contribution in [0.15, 0.2) is 72.8 Å². The molecule has 2 aromatic heterocycles. The van der Waals surface area contributed by atoms with Gasteiger partial charge in [0.15, 0.2) is 0 Å². The lowest BCUT2D eigenvalue weighted by atomic mass is 10.2. The summed E-state index contributed by atoms with van der Waals surface area (Å²) in [4.78, 5) is 5.33. The highest BCUT2D eigenvalue weighted by molar-refractivity contribution is 14.1. The average Bonchev–Trinajstić information content (AvgIpc) is 3.25. The first-order chi connectivity index (χ1) is 11.7. The van der Waals surface area contributed by atoms with Crippen molar-refractivity contribution in [1.29, 1.82) is 0 Å². The van der Waals surface area contributed by atoms with E-state index in [1.165, 1.54) is 37.8 Å². The molecular formula is C20H12I2S2. The Morgan fingerprint density at radius 2 is 0.750 bits per heavy atom. The van der Waals surface area contributed by atoms with Gasteiger partial charge in [0.1, 0.15) is 0 Å². The summed E-state index contributed by atoms with van der Waals surface area (Å²) in [5, 5.41) is 0. The van der Waals surface area contributed by atoms with Crippen LogP contribution in [0, 0.1) is 7.14 Å². The average molecular weight is 570 g/mol. The first-order valence-electron chi connectivity index (χ1n) is 7.41. The molecular weight excluding hydrogens is 558 g/mol. The minimum absolute atomic E-state index is 1.27. The molecule has 0 aliphatic rings. The molecule has 0 saturated heterocycles. The summed E-state index contributed by atoms with van der Waals surface area (Å²) in [6.07, 6.45) is 0. The zero-order chi connectivity index (χ0) is 16.5. The van der Waals surface area contributed by atoms with E-state index in [9.17, 15) is 0 Å². The quantitative estimate of drug-likeness (QED) is 0.219. The predicted octanol–water partition coefficient (Wildman–Crippen LogP) is 8.02. The van der Waals surface area contributed by atoms with Crippen molar-refractivity contribution in [2.45, 2.75) is 0 Å². The van der Waals surface area contributed by atoms with Gasteiger partial charge in [-0.3, -0.25) is 0 Å². The summed E-state index contributed by atoms with van der Waals surface area (Å²) in [5.74, 6) is 0. The molecule has 4 aromatic rings. The Morgan fingerprint density at radius 3 is 1.12 bits per heavy atom. The third-order valence-corrected chi connectivity index (χ3v) is 7.62. The minimum Gasteiger partial charge on any atom is -0.134 e. The van der Waals surface area contributed by atoms with Crippen LogP contribution < -0.4 is 0 Å². The molecule has 4 rings (SSSR count). The Labute approximate surface area is 176 Å². The molecule has 0 unspecified atom stereocenters. The lowest BCUT2D eigenvalue weighted by Crippen LogP contribution is -1.72. The summed E-state index contributed by atoms with van der Waals surface area (Å²) in [6.45, 7) is 0. The number of thiophene rings is 2. The molecule has 0 aliphatic carbocycles. The molecule has 0 saturated carbocycles. The van der Waals surface area contributed by atoms with Gasteiger partial charge in [-0.05, 0) is 105 Å². The van der Waals surface area contributed by atoms with Gasteiger partial charge < -0.3 is 0 Å². The van der Waals surface area contributed by atoms with Crippen LogP contribution >= 0.6 is 67.9 Å². The van der Waals surface area contributed by atoms with Crippen molar-refractivity contribution in [3.63, 3.8) is 0 Å². The molecule has 4 heteroatoms. The molecule has 0 radical (unpaired) electrons. The fourth-order valence-electron chi connectivity index (χ4n) is 2.48. The summed E-state index contributed by atoms with van der Waals surface area (Å²) < 4.78 is 2.54. The van der Waals surface area contributed by atoms with E-state index >= 15 is 0 Å². The van der Waals surface area contributed by atoms with Gasteiger partial charge in [0.05, 0.1) is 0 Å². The molecule has 0 atom stereocenters. The third kappa shape index (κ3) is 3.61. The largest absolute Gasteiger partial charge is 0.134 e. The van der Waals surface area contributed by atoms with Crippen LogP contribution in [0.4, 0.5) is 0 Å². The molecule has 0 nitrogen and oxygen atoms in total. The summed E-state index contributed by atoms with van der Waals surface area (Å²) in [6, 6.07) is 26.4. The molecule has 0 aliphatic heterocycles. The smallest absolute Gasteiger partial charge is 0.0449 e. The number of rotatable bonds is 3. The lowest BCUT2D eigenvalue weighted by molar-refractivity contribution is 1.64. The Bertz CT molecular complexity index is 882. The Hall–Kier alpha value is -0.700. The van der Waals surface area contributed by atoms with E-state index in [2.05, 4.69) is 118 Å². The van der Waals surface area contributed by atoms with Crippen molar-refractivity contribution in [2.24, 2.45) is 0 Å². The molecule has 2 aromatic carbocycles. The van der Waals surface area contributed by atoms with E-state index in [4.69, 9.17) is 0 Å². The summed E-state index contributed by atoms with van der Waals surface area (Å²) in [5.41, 5.74) is 2.59. The standard InChI is InChI=1S/C20H12I2S2/c21-15-5-1-13(2-6-15)17-9-11-19(23-17)20-12-10-18(24-20)14-3-7-16(22)8-4-14/h1-12H. The fraction of sp³-hybridized carbons (Fsp3) is 0. The molecule has 0 N–H and O–H groups in total. The maximum Gasteiger partial charge on any atom is 0.0449 e. The van der Waals surface area contributed by atoms with Crippen molar-refractivity contribution in [2.75, 3.05) is 0 Å². The fourth-order valence-corrected chi connectivity index (χ4v) is 5.31. The second kappa shape index (κ2) is 7.27. The number of halogens is 2. The highest BCUT2D eigenvalue weighted by Crippen LogP contribution is 2.40. The van der Waals surface area contributed by atoms with E-state index in [1.54, 1.807) is 0 Å². The SMILES string of the molecule is Ic1ccc(-c2ccc(-c3ccc(-c4ccc(I)cc4)s3)s2)cc1. The maximum atomic E-state index is 2.35. The second-order valence-corrected chi connectivity index (χ2v) is 10.0. The van der Waals surface area contributed by atoms with Crippen LogP contribution in [0.3, 0.4) is 0 Å². The highest BCUT2D eigenvalue weighted by atomic mass is 127. The van der Waals surface area contributed by atoms with Gasteiger partial charge in [-0.2, -0.15) is 0 Å². The summed E-state index contributed by atoms with van der Waals surface area (Å²) in [7, 11) is 0. The van der Waals surface area contributed by atoms with Gasteiger partial charge in [0, 0.05) is 26.6 Å². The van der Waals surface area contributed by atoms with Gasteiger partial charge in [0.25, 0.3) is 0 Å². The Balaban J connectivity index is 1.63. The normalized spacial score (nSPS) is 10.9. The number of hydrogen-bond donors (Lipinski definition) is 0. The van der Waals surface area contributed by atoms with Crippen LogP contribution in [0.25, 0.3) is 30.6 Å². The van der Waals surface area contributed by atoms with Gasteiger partial charge in [0.2, 0.25) is 0 Å².